The Morgan fingerprint density at radius 1 is 1.03 bits per heavy atom. The Hall–Kier alpha value is -3.85. The Morgan fingerprint density at radius 3 is 2.34 bits per heavy atom. The molecular formula is C26H29N3O5S. The van der Waals surface area contributed by atoms with Gasteiger partial charge in [-0.15, -0.1) is 0 Å². The van der Waals surface area contributed by atoms with E-state index in [1.54, 1.807) is 48.5 Å². The Morgan fingerprint density at radius 2 is 1.71 bits per heavy atom. The van der Waals surface area contributed by atoms with Crippen LogP contribution in [0.3, 0.4) is 0 Å². The predicted molar refractivity (Wildman–Crippen MR) is 137 cm³/mol. The van der Waals surface area contributed by atoms with Crippen LogP contribution in [0.25, 0.3) is 0 Å². The molecular weight excluding hydrogens is 466 g/mol. The summed E-state index contributed by atoms with van der Waals surface area (Å²) in [6.07, 6.45) is 1.54. The van der Waals surface area contributed by atoms with E-state index in [1.807, 2.05) is 32.9 Å². The van der Waals surface area contributed by atoms with Gasteiger partial charge in [-0.25, -0.2) is 13.8 Å². The first-order valence-corrected chi connectivity index (χ1v) is 12.4. The molecule has 9 heteroatoms. The van der Waals surface area contributed by atoms with Crippen LogP contribution in [0, 0.1) is 6.92 Å². The maximum Gasteiger partial charge on any atom is 0.264 e. The molecule has 0 saturated carbocycles. The lowest BCUT2D eigenvalue weighted by Gasteiger charge is -2.24. The SMILES string of the molecule is COc1cccc(N(CC(=O)N/N=C\c2ccc(OC(C)C)cc2)S(=O)(=O)c2ccc(C)cc2)c1. The second-order valence-corrected chi connectivity index (χ2v) is 9.92. The molecule has 1 amide bonds. The lowest BCUT2D eigenvalue weighted by Crippen LogP contribution is -2.39. The first-order valence-electron chi connectivity index (χ1n) is 11.0. The van der Waals surface area contributed by atoms with Crippen LogP contribution in [0.15, 0.2) is 82.8 Å². The number of benzene rings is 3. The molecule has 0 aromatic heterocycles. The van der Waals surface area contributed by atoms with Crippen molar-refractivity contribution in [1.29, 1.82) is 0 Å². The third-order valence-electron chi connectivity index (χ3n) is 4.89. The van der Waals surface area contributed by atoms with Crippen molar-refractivity contribution in [3.8, 4) is 11.5 Å². The summed E-state index contributed by atoms with van der Waals surface area (Å²) in [5.41, 5.74) is 4.37. The third kappa shape index (κ3) is 7.07. The van der Waals surface area contributed by atoms with Gasteiger partial charge in [-0.1, -0.05) is 23.8 Å². The van der Waals surface area contributed by atoms with Crippen LogP contribution in [0.1, 0.15) is 25.0 Å². The number of amides is 1. The fraction of sp³-hybridized carbons (Fsp3) is 0.231. The van der Waals surface area contributed by atoms with E-state index in [0.29, 0.717) is 11.4 Å². The van der Waals surface area contributed by atoms with Crippen molar-refractivity contribution in [2.45, 2.75) is 31.8 Å². The van der Waals surface area contributed by atoms with Crippen molar-refractivity contribution in [3.05, 3.63) is 83.9 Å². The highest BCUT2D eigenvalue weighted by atomic mass is 32.2. The minimum Gasteiger partial charge on any atom is -0.497 e. The van der Waals surface area contributed by atoms with E-state index in [4.69, 9.17) is 9.47 Å². The highest BCUT2D eigenvalue weighted by molar-refractivity contribution is 7.92. The number of carbonyl (C=O) groups excluding carboxylic acids is 1. The normalized spacial score (nSPS) is 11.5. The van der Waals surface area contributed by atoms with Crippen molar-refractivity contribution < 1.29 is 22.7 Å². The number of sulfonamides is 1. The molecule has 3 aromatic rings. The maximum absolute atomic E-state index is 13.4. The van der Waals surface area contributed by atoms with Gasteiger partial charge in [-0.2, -0.15) is 5.10 Å². The summed E-state index contributed by atoms with van der Waals surface area (Å²) in [4.78, 5) is 12.8. The van der Waals surface area contributed by atoms with Gasteiger partial charge in [0, 0.05) is 6.07 Å². The summed E-state index contributed by atoms with van der Waals surface area (Å²) in [5, 5.41) is 3.97. The zero-order valence-corrected chi connectivity index (χ0v) is 21.0. The van der Waals surface area contributed by atoms with Crippen LogP contribution in [0.4, 0.5) is 5.69 Å². The summed E-state index contributed by atoms with van der Waals surface area (Å²) < 4.78 is 38.7. The number of anilines is 1. The monoisotopic (exact) mass is 495 g/mol. The summed E-state index contributed by atoms with van der Waals surface area (Å²) in [6, 6.07) is 20.2. The summed E-state index contributed by atoms with van der Waals surface area (Å²) in [7, 11) is -2.54. The van der Waals surface area contributed by atoms with E-state index >= 15 is 0 Å². The lowest BCUT2D eigenvalue weighted by atomic mass is 10.2. The lowest BCUT2D eigenvalue weighted by molar-refractivity contribution is -0.119. The fourth-order valence-electron chi connectivity index (χ4n) is 3.17. The molecule has 0 unspecified atom stereocenters. The average molecular weight is 496 g/mol. The molecule has 0 aliphatic carbocycles. The zero-order valence-electron chi connectivity index (χ0n) is 20.1. The molecule has 0 fully saturated rings. The Balaban J connectivity index is 1.78. The largest absolute Gasteiger partial charge is 0.497 e. The smallest absolute Gasteiger partial charge is 0.264 e. The van der Waals surface area contributed by atoms with Crippen molar-refractivity contribution >= 4 is 27.8 Å². The number of ether oxygens (including phenoxy) is 2. The third-order valence-corrected chi connectivity index (χ3v) is 6.68. The summed E-state index contributed by atoms with van der Waals surface area (Å²) >= 11 is 0. The number of hydrazone groups is 1. The quantitative estimate of drug-likeness (QED) is 0.337. The van der Waals surface area contributed by atoms with E-state index in [-0.39, 0.29) is 11.0 Å². The Kier molecular flexibility index (Phi) is 8.48. The molecule has 0 radical (unpaired) electrons. The number of aryl methyl sites for hydroxylation is 1. The Labute approximate surface area is 206 Å². The van der Waals surface area contributed by atoms with Gasteiger partial charge in [0.25, 0.3) is 15.9 Å². The average Bonchev–Trinajstić information content (AvgIpc) is 2.83. The number of nitrogens with zero attached hydrogens (tertiary/aromatic N) is 2. The van der Waals surface area contributed by atoms with E-state index in [9.17, 15) is 13.2 Å². The highest BCUT2D eigenvalue weighted by Crippen LogP contribution is 2.27. The number of carbonyl (C=O) groups is 1. The van der Waals surface area contributed by atoms with Crippen LogP contribution < -0.4 is 19.2 Å². The standard InChI is InChI=1S/C26H29N3O5S/c1-19(2)34-23-12-10-21(11-13-23)17-27-28-26(30)18-29(22-6-5-7-24(16-22)33-4)35(31,32)25-14-8-20(3)9-15-25/h5-17,19H,18H2,1-4H3,(H,28,30)/b27-17-. The van der Waals surface area contributed by atoms with Crippen LogP contribution in [-0.2, 0) is 14.8 Å². The molecule has 0 bridgehead atoms. The summed E-state index contributed by atoms with van der Waals surface area (Å²) in [6.45, 7) is 5.28. The van der Waals surface area contributed by atoms with Crippen LogP contribution in [0.5, 0.6) is 11.5 Å². The molecule has 1 N–H and O–H groups in total. The molecule has 0 spiro atoms. The zero-order chi connectivity index (χ0) is 25.4. The van der Waals surface area contributed by atoms with Crippen molar-refractivity contribution in [2.24, 2.45) is 5.10 Å². The molecule has 0 saturated heterocycles. The van der Waals surface area contributed by atoms with Crippen LogP contribution in [0.2, 0.25) is 0 Å². The van der Waals surface area contributed by atoms with Crippen molar-refractivity contribution in [1.82, 2.24) is 5.43 Å². The molecule has 184 valence electrons. The van der Waals surface area contributed by atoms with Gasteiger partial charge in [0.05, 0.1) is 30.0 Å². The summed E-state index contributed by atoms with van der Waals surface area (Å²) in [5.74, 6) is 0.603. The minimum atomic E-state index is -4.03. The Bertz CT molecular complexity index is 1270. The van der Waals surface area contributed by atoms with Crippen LogP contribution in [-0.4, -0.2) is 40.3 Å². The molecule has 0 heterocycles. The number of hydrogen-bond donors (Lipinski definition) is 1. The number of rotatable bonds is 10. The van der Waals surface area contributed by atoms with Crippen molar-refractivity contribution in [2.75, 3.05) is 18.0 Å². The predicted octanol–water partition coefficient (Wildman–Crippen LogP) is 4.14. The second-order valence-electron chi connectivity index (χ2n) is 8.06. The van der Waals surface area contributed by atoms with Gasteiger partial charge in [0.15, 0.2) is 0 Å². The minimum absolute atomic E-state index is 0.0671. The van der Waals surface area contributed by atoms with Gasteiger partial charge in [0.2, 0.25) is 0 Å². The van der Waals surface area contributed by atoms with Gasteiger partial charge >= 0.3 is 0 Å². The molecule has 35 heavy (non-hydrogen) atoms. The number of methoxy groups -OCH3 is 1. The molecule has 8 nitrogen and oxygen atoms in total. The van der Waals surface area contributed by atoms with Gasteiger partial charge in [-0.3, -0.25) is 9.10 Å². The molecule has 3 aromatic carbocycles. The fourth-order valence-corrected chi connectivity index (χ4v) is 4.58. The van der Waals surface area contributed by atoms with E-state index < -0.39 is 22.5 Å². The molecule has 3 rings (SSSR count). The number of nitrogens with one attached hydrogen (secondary N) is 1. The van der Waals surface area contributed by atoms with E-state index in [1.165, 1.54) is 25.5 Å². The highest BCUT2D eigenvalue weighted by Gasteiger charge is 2.27. The maximum atomic E-state index is 13.4. The first-order chi connectivity index (χ1) is 16.7. The van der Waals surface area contributed by atoms with E-state index in [2.05, 4.69) is 10.5 Å². The topological polar surface area (TPSA) is 97.3 Å². The molecule has 0 aliphatic rings. The van der Waals surface area contributed by atoms with Crippen LogP contribution >= 0.6 is 0 Å². The van der Waals surface area contributed by atoms with Gasteiger partial charge < -0.3 is 9.47 Å². The van der Waals surface area contributed by atoms with E-state index in [0.717, 1.165) is 21.2 Å². The van der Waals surface area contributed by atoms with Crippen molar-refractivity contribution in [3.63, 3.8) is 0 Å². The number of hydrogen-bond acceptors (Lipinski definition) is 6. The molecule has 0 atom stereocenters. The van der Waals surface area contributed by atoms with Gasteiger partial charge in [0.1, 0.15) is 18.0 Å². The molecule has 0 aliphatic heterocycles. The first kappa shape index (κ1) is 25.8. The second kappa shape index (κ2) is 11.5. The van der Waals surface area contributed by atoms with Gasteiger partial charge in [-0.05, 0) is 74.9 Å².